The van der Waals surface area contributed by atoms with Crippen molar-refractivity contribution in [2.24, 2.45) is 0 Å². The van der Waals surface area contributed by atoms with E-state index in [2.05, 4.69) is 56.7 Å². The molecule has 0 amide bonds. The molecule has 0 aromatic heterocycles. The lowest BCUT2D eigenvalue weighted by Gasteiger charge is -2.37. The fourth-order valence-electron chi connectivity index (χ4n) is 2.39. The first-order valence-electron chi connectivity index (χ1n) is 6.99. The summed E-state index contributed by atoms with van der Waals surface area (Å²) in [6.45, 7) is 6.68. The summed E-state index contributed by atoms with van der Waals surface area (Å²) in [7, 11) is 3.92. The van der Waals surface area contributed by atoms with Crippen LogP contribution in [0.5, 0.6) is 0 Å². The zero-order valence-electron chi connectivity index (χ0n) is 12.5. The standard InChI is InChI=1S/C14H29NOS2/c1-6-12-13(18-10-9-17-12)11(15-4)7-8-14(2,3)16-5/h11-13,15H,6-10H2,1-5H3. The van der Waals surface area contributed by atoms with Gasteiger partial charge >= 0.3 is 0 Å². The minimum Gasteiger partial charge on any atom is -0.379 e. The fraction of sp³-hybridized carbons (Fsp3) is 1.00. The molecule has 0 bridgehead atoms. The highest BCUT2D eigenvalue weighted by Gasteiger charge is 2.32. The van der Waals surface area contributed by atoms with Gasteiger partial charge < -0.3 is 10.1 Å². The molecule has 0 spiro atoms. The van der Waals surface area contributed by atoms with Crippen LogP contribution in [0.2, 0.25) is 0 Å². The van der Waals surface area contributed by atoms with Gasteiger partial charge in [0.2, 0.25) is 0 Å². The molecule has 4 heteroatoms. The van der Waals surface area contributed by atoms with Crippen molar-refractivity contribution in [2.45, 2.75) is 62.2 Å². The Labute approximate surface area is 121 Å². The van der Waals surface area contributed by atoms with Gasteiger partial charge in [0.05, 0.1) is 5.60 Å². The maximum atomic E-state index is 5.53. The third-order valence-electron chi connectivity index (χ3n) is 3.87. The average Bonchev–Trinajstić information content (AvgIpc) is 2.40. The SMILES string of the molecule is CCC1SCCSC1C(CCC(C)(C)OC)NC. The van der Waals surface area contributed by atoms with Crippen LogP contribution in [0, 0.1) is 0 Å². The van der Waals surface area contributed by atoms with Gasteiger partial charge in [-0.05, 0) is 40.2 Å². The quantitative estimate of drug-likeness (QED) is 0.775. The second-order valence-corrected chi connectivity index (χ2v) is 8.18. The first-order valence-corrected chi connectivity index (χ1v) is 9.09. The molecule has 1 aliphatic heterocycles. The minimum absolute atomic E-state index is 0.00326. The van der Waals surface area contributed by atoms with Crippen molar-refractivity contribution >= 4 is 23.5 Å². The predicted octanol–water partition coefficient (Wildman–Crippen LogP) is 3.41. The number of hydrogen-bond acceptors (Lipinski definition) is 4. The van der Waals surface area contributed by atoms with Gasteiger partial charge in [-0.2, -0.15) is 23.5 Å². The van der Waals surface area contributed by atoms with Crippen LogP contribution in [0.15, 0.2) is 0 Å². The monoisotopic (exact) mass is 291 g/mol. The molecule has 1 heterocycles. The smallest absolute Gasteiger partial charge is 0.0623 e. The van der Waals surface area contributed by atoms with Crippen molar-refractivity contribution in [1.29, 1.82) is 0 Å². The zero-order chi connectivity index (χ0) is 13.6. The largest absolute Gasteiger partial charge is 0.379 e. The number of thioether (sulfide) groups is 2. The van der Waals surface area contributed by atoms with Crippen molar-refractivity contribution in [1.82, 2.24) is 5.32 Å². The summed E-state index contributed by atoms with van der Waals surface area (Å²) in [5, 5.41) is 5.11. The summed E-state index contributed by atoms with van der Waals surface area (Å²) in [5.74, 6) is 2.62. The van der Waals surface area contributed by atoms with Crippen molar-refractivity contribution in [3.8, 4) is 0 Å². The molecule has 1 fully saturated rings. The molecule has 0 saturated carbocycles. The second kappa shape index (κ2) is 8.03. The molecular formula is C14H29NOS2. The van der Waals surface area contributed by atoms with E-state index in [4.69, 9.17) is 4.74 Å². The summed E-state index contributed by atoms with van der Waals surface area (Å²) < 4.78 is 5.53. The van der Waals surface area contributed by atoms with Gasteiger partial charge in [-0.15, -0.1) is 0 Å². The van der Waals surface area contributed by atoms with E-state index in [-0.39, 0.29) is 5.60 Å². The van der Waals surface area contributed by atoms with Gasteiger partial charge in [0.1, 0.15) is 0 Å². The first kappa shape index (κ1) is 16.7. The molecule has 3 atom stereocenters. The molecular weight excluding hydrogens is 262 g/mol. The molecule has 1 saturated heterocycles. The van der Waals surface area contributed by atoms with Gasteiger partial charge in [0.15, 0.2) is 0 Å². The fourth-order valence-corrected chi connectivity index (χ4v) is 5.73. The molecule has 3 unspecified atom stereocenters. The molecule has 0 radical (unpaired) electrons. The van der Waals surface area contributed by atoms with Crippen LogP contribution in [0.1, 0.15) is 40.0 Å². The number of hydrogen-bond donors (Lipinski definition) is 1. The summed E-state index contributed by atoms with van der Waals surface area (Å²) in [6, 6.07) is 0.613. The Morgan fingerprint density at radius 1 is 1.33 bits per heavy atom. The number of ether oxygens (including phenoxy) is 1. The Morgan fingerprint density at radius 2 is 2.00 bits per heavy atom. The van der Waals surface area contributed by atoms with Crippen LogP contribution in [-0.4, -0.2) is 47.8 Å². The van der Waals surface area contributed by atoms with E-state index in [1.165, 1.54) is 24.3 Å². The normalized spacial score (nSPS) is 27.2. The number of methoxy groups -OCH3 is 1. The van der Waals surface area contributed by atoms with Crippen LogP contribution in [0.25, 0.3) is 0 Å². The van der Waals surface area contributed by atoms with Crippen LogP contribution in [-0.2, 0) is 4.74 Å². The van der Waals surface area contributed by atoms with Gasteiger partial charge in [-0.3, -0.25) is 0 Å². The van der Waals surface area contributed by atoms with E-state index >= 15 is 0 Å². The Kier molecular flexibility index (Phi) is 7.44. The highest BCUT2D eigenvalue weighted by molar-refractivity contribution is 8.07. The Morgan fingerprint density at radius 3 is 2.56 bits per heavy atom. The molecule has 0 aromatic rings. The number of rotatable bonds is 7. The molecule has 1 N–H and O–H groups in total. The lowest BCUT2D eigenvalue weighted by Crippen LogP contribution is -2.44. The molecule has 2 nitrogen and oxygen atoms in total. The summed E-state index contributed by atoms with van der Waals surface area (Å²) in [4.78, 5) is 0. The maximum Gasteiger partial charge on any atom is 0.0623 e. The van der Waals surface area contributed by atoms with E-state index in [0.717, 1.165) is 16.9 Å². The minimum atomic E-state index is 0.00326. The summed E-state index contributed by atoms with van der Waals surface area (Å²) in [5.41, 5.74) is 0.00326. The van der Waals surface area contributed by atoms with Gasteiger partial charge in [0.25, 0.3) is 0 Å². The van der Waals surface area contributed by atoms with Gasteiger partial charge in [-0.25, -0.2) is 0 Å². The van der Waals surface area contributed by atoms with Gasteiger partial charge in [0, 0.05) is 35.2 Å². The van der Waals surface area contributed by atoms with Crippen LogP contribution < -0.4 is 5.32 Å². The second-order valence-electron chi connectivity index (χ2n) is 5.55. The molecule has 18 heavy (non-hydrogen) atoms. The third-order valence-corrected chi connectivity index (χ3v) is 7.28. The van der Waals surface area contributed by atoms with Crippen LogP contribution in [0.3, 0.4) is 0 Å². The predicted molar refractivity (Wildman–Crippen MR) is 86.0 cm³/mol. The van der Waals surface area contributed by atoms with E-state index in [1.807, 2.05) is 7.11 Å². The topological polar surface area (TPSA) is 21.3 Å². The van der Waals surface area contributed by atoms with E-state index in [1.54, 1.807) is 0 Å². The average molecular weight is 292 g/mol. The van der Waals surface area contributed by atoms with Crippen LogP contribution in [0.4, 0.5) is 0 Å². The summed E-state index contributed by atoms with van der Waals surface area (Å²) in [6.07, 6.45) is 3.60. The van der Waals surface area contributed by atoms with Crippen molar-refractivity contribution in [3.05, 3.63) is 0 Å². The molecule has 0 aromatic carbocycles. The highest BCUT2D eigenvalue weighted by atomic mass is 32.2. The van der Waals surface area contributed by atoms with Crippen molar-refractivity contribution in [3.63, 3.8) is 0 Å². The highest BCUT2D eigenvalue weighted by Crippen LogP contribution is 2.36. The molecule has 1 rings (SSSR count). The lowest BCUT2D eigenvalue weighted by molar-refractivity contribution is 0.0118. The molecule has 108 valence electrons. The van der Waals surface area contributed by atoms with E-state index in [0.29, 0.717) is 6.04 Å². The lowest BCUT2D eigenvalue weighted by atomic mass is 9.96. The van der Waals surface area contributed by atoms with E-state index < -0.39 is 0 Å². The van der Waals surface area contributed by atoms with E-state index in [9.17, 15) is 0 Å². The van der Waals surface area contributed by atoms with Gasteiger partial charge in [-0.1, -0.05) is 6.92 Å². The Bertz CT molecular complexity index is 236. The third kappa shape index (κ3) is 4.95. The van der Waals surface area contributed by atoms with Crippen molar-refractivity contribution < 1.29 is 4.74 Å². The maximum absolute atomic E-state index is 5.53. The Balaban J connectivity index is 2.53. The number of nitrogens with one attached hydrogen (secondary N) is 1. The first-order chi connectivity index (χ1) is 8.54. The molecule has 0 aliphatic carbocycles. The molecule has 1 aliphatic rings. The zero-order valence-corrected chi connectivity index (χ0v) is 14.1. The van der Waals surface area contributed by atoms with Crippen LogP contribution >= 0.6 is 23.5 Å². The van der Waals surface area contributed by atoms with Crippen molar-refractivity contribution in [2.75, 3.05) is 25.7 Å². The Hall–Kier alpha value is 0.620. The summed E-state index contributed by atoms with van der Waals surface area (Å²) >= 11 is 4.32.